The number of benzene rings is 1. The van der Waals surface area contributed by atoms with Crippen molar-refractivity contribution in [2.45, 2.75) is 13.3 Å². The number of nitrogens with zero attached hydrogens (tertiary/aromatic N) is 1. The third-order valence-electron chi connectivity index (χ3n) is 2.56. The summed E-state index contributed by atoms with van der Waals surface area (Å²) < 4.78 is 10.5. The number of rotatable bonds is 6. The molecule has 0 aliphatic heterocycles. The Bertz CT molecular complexity index is 445. The second-order valence-corrected chi connectivity index (χ2v) is 5.22. The maximum Gasteiger partial charge on any atom is 0.141 e. The van der Waals surface area contributed by atoms with Crippen LogP contribution >= 0.6 is 23.4 Å². The molecule has 0 radical (unpaired) electrons. The second kappa shape index (κ2) is 7.40. The summed E-state index contributed by atoms with van der Waals surface area (Å²) in [5.74, 6) is 2.55. The molecule has 1 aromatic carbocycles. The zero-order valence-corrected chi connectivity index (χ0v) is 12.3. The third-order valence-corrected chi connectivity index (χ3v) is 3.72. The van der Waals surface area contributed by atoms with Crippen molar-refractivity contribution in [1.82, 2.24) is 0 Å². The summed E-state index contributed by atoms with van der Waals surface area (Å²) in [6, 6.07) is 3.66. The monoisotopic (exact) mass is 285 g/mol. The van der Waals surface area contributed by atoms with Crippen LogP contribution in [-0.2, 0) is 6.42 Å². The summed E-state index contributed by atoms with van der Waals surface area (Å²) >= 11 is 7.38. The predicted molar refractivity (Wildman–Crippen MR) is 75.5 cm³/mol. The topological polar surface area (TPSA) is 42.2 Å². The van der Waals surface area contributed by atoms with Crippen molar-refractivity contribution in [2.24, 2.45) is 5.92 Å². The number of thioether (sulfide) groups is 1. The Balaban J connectivity index is 2.88. The van der Waals surface area contributed by atoms with Gasteiger partial charge >= 0.3 is 0 Å². The van der Waals surface area contributed by atoms with E-state index in [9.17, 15) is 0 Å². The Morgan fingerprint density at radius 2 is 2.00 bits per heavy atom. The molecule has 0 amide bonds. The molecule has 5 heteroatoms. The van der Waals surface area contributed by atoms with E-state index >= 15 is 0 Å². The molecule has 0 bridgehead atoms. The molecule has 0 fully saturated rings. The van der Waals surface area contributed by atoms with Crippen LogP contribution in [0.15, 0.2) is 12.1 Å². The van der Waals surface area contributed by atoms with E-state index in [1.807, 2.05) is 6.07 Å². The lowest BCUT2D eigenvalue weighted by molar-refractivity contribution is 0.389. The van der Waals surface area contributed by atoms with Gasteiger partial charge in [-0.1, -0.05) is 18.5 Å². The van der Waals surface area contributed by atoms with E-state index in [-0.39, 0.29) is 0 Å². The van der Waals surface area contributed by atoms with E-state index in [2.05, 4.69) is 12.3 Å². The molecule has 98 valence electrons. The van der Waals surface area contributed by atoms with E-state index in [1.165, 1.54) is 11.8 Å². The van der Waals surface area contributed by atoms with E-state index in [0.717, 1.165) is 23.5 Å². The normalized spacial score (nSPS) is 11.7. The highest BCUT2D eigenvalue weighted by molar-refractivity contribution is 8.03. The van der Waals surface area contributed by atoms with Crippen LogP contribution in [0.25, 0.3) is 0 Å². The molecule has 3 nitrogen and oxygen atoms in total. The average molecular weight is 286 g/mol. The fraction of sp³-hybridized carbons (Fsp3) is 0.462. The number of ether oxygens (including phenoxy) is 2. The standard InChI is InChI=1S/C13H16ClNO2S/c1-9(7-18-8-15)4-10-5-11(14)13(17-3)6-12(10)16-2/h5-6,9H,4,7H2,1-3H3. The molecule has 1 rings (SSSR count). The maximum absolute atomic E-state index is 8.55. The van der Waals surface area contributed by atoms with Gasteiger partial charge in [0.05, 0.1) is 19.2 Å². The molecular formula is C13H16ClNO2S. The maximum atomic E-state index is 8.55. The Kier molecular flexibility index (Phi) is 6.17. The molecule has 1 unspecified atom stereocenters. The van der Waals surface area contributed by atoms with E-state index in [1.54, 1.807) is 20.3 Å². The fourth-order valence-electron chi connectivity index (χ4n) is 1.70. The number of hydrogen-bond acceptors (Lipinski definition) is 4. The molecule has 0 saturated carbocycles. The summed E-state index contributed by atoms with van der Waals surface area (Å²) in [6.07, 6.45) is 0.821. The van der Waals surface area contributed by atoms with Gasteiger partial charge in [0.2, 0.25) is 0 Å². The van der Waals surface area contributed by atoms with Crippen LogP contribution in [0.4, 0.5) is 0 Å². The van der Waals surface area contributed by atoms with Crippen LogP contribution < -0.4 is 9.47 Å². The van der Waals surface area contributed by atoms with Gasteiger partial charge in [0, 0.05) is 11.8 Å². The van der Waals surface area contributed by atoms with Crippen molar-refractivity contribution in [3.05, 3.63) is 22.7 Å². The van der Waals surface area contributed by atoms with Gasteiger partial charge in [0.15, 0.2) is 0 Å². The molecular weight excluding hydrogens is 270 g/mol. The molecule has 0 aliphatic rings. The van der Waals surface area contributed by atoms with Crippen LogP contribution in [0.2, 0.25) is 5.02 Å². The van der Waals surface area contributed by atoms with Crippen LogP contribution in [0.1, 0.15) is 12.5 Å². The Hall–Kier alpha value is -1.05. The van der Waals surface area contributed by atoms with Gasteiger partial charge in [-0.15, -0.1) is 0 Å². The van der Waals surface area contributed by atoms with Crippen molar-refractivity contribution >= 4 is 23.4 Å². The lowest BCUT2D eigenvalue weighted by Crippen LogP contribution is -2.04. The Labute approximate surface area is 117 Å². The summed E-state index contributed by atoms with van der Waals surface area (Å²) in [5, 5.41) is 11.2. The summed E-state index contributed by atoms with van der Waals surface area (Å²) in [7, 11) is 3.20. The molecule has 1 aromatic rings. The summed E-state index contributed by atoms with van der Waals surface area (Å²) in [6.45, 7) is 2.10. The zero-order valence-electron chi connectivity index (χ0n) is 10.7. The van der Waals surface area contributed by atoms with Crippen LogP contribution in [0.5, 0.6) is 11.5 Å². The number of halogens is 1. The van der Waals surface area contributed by atoms with E-state index < -0.39 is 0 Å². The van der Waals surface area contributed by atoms with Crippen LogP contribution in [-0.4, -0.2) is 20.0 Å². The molecule has 1 atom stereocenters. The van der Waals surface area contributed by atoms with Crippen LogP contribution in [0, 0.1) is 16.6 Å². The second-order valence-electron chi connectivity index (χ2n) is 4.01. The Morgan fingerprint density at radius 3 is 2.56 bits per heavy atom. The minimum Gasteiger partial charge on any atom is -0.496 e. The van der Waals surface area contributed by atoms with E-state index in [4.69, 9.17) is 26.3 Å². The summed E-state index contributed by atoms with van der Waals surface area (Å²) in [5.41, 5.74) is 1.04. The van der Waals surface area contributed by atoms with E-state index in [0.29, 0.717) is 16.7 Å². The van der Waals surface area contributed by atoms with Gasteiger partial charge in [-0.05, 0) is 35.7 Å². The van der Waals surface area contributed by atoms with Gasteiger partial charge in [-0.2, -0.15) is 5.26 Å². The lowest BCUT2D eigenvalue weighted by Gasteiger charge is -2.14. The molecule has 0 spiro atoms. The minimum atomic E-state index is 0.382. The summed E-state index contributed by atoms with van der Waals surface area (Å²) in [4.78, 5) is 0. The first-order chi connectivity index (χ1) is 8.62. The quantitative estimate of drug-likeness (QED) is 0.747. The average Bonchev–Trinajstić information content (AvgIpc) is 2.36. The SMILES string of the molecule is COc1cc(OC)c(CC(C)CSC#N)cc1Cl. The fourth-order valence-corrected chi connectivity index (χ4v) is 2.44. The largest absolute Gasteiger partial charge is 0.496 e. The molecule has 0 N–H and O–H groups in total. The van der Waals surface area contributed by atoms with Gasteiger partial charge in [0.25, 0.3) is 0 Å². The first-order valence-electron chi connectivity index (χ1n) is 5.53. The van der Waals surface area contributed by atoms with Gasteiger partial charge < -0.3 is 9.47 Å². The van der Waals surface area contributed by atoms with Crippen molar-refractivity contribution in [2.75, 3.05) is 20.0 Å². The van der Waals surface area contributed by atoms with Crippen molar-refractivity contribution < 1.29 is 9.47 Å². The van der Waals surface area contributed by atoms with Crippen LogP contribution in [0.3, 0.4) is 0 Å². The predicted octanol–water partition coefficient (Wildman–Crippen LogP) is 3.75. The Morgan fingerprint density at radius 1 is 1.33 bits per heavy atom. The number of methoxy groups -OCH3 is 2. The van der Waals surface area contributed by atoms with Gasteiger partial charge in [0.1, 0.15) is 16.9 Å². The number of nitriles is 1. The highest BCUT2D eigenvalue weighted by atomic mass is 35.5. The highest BCUT2D eigenvalue weighted by Gasteiger charge is 2.13. The minimum absolute atomic E-state index is 0.382. The first kappa shape index (κ1) is 15.0. The first-order valence-corrected chi connectivity index (χ1v) is 6.90. The molecule has 18 heavy (non-hydrogen) atoms. The zero-order chi connectivity index (χ0) is 13.5. The van der Waals surface area contributed by atoms with Crippen molar-refractivity contribution in [3.8, 4) is 16.9 Å². The number of hydrogen-bond donors (Lipinski definition) is 0. The molecule has 0 aromatic heterocycles. The third kappa shape index (κ3) is 4.01. The molecule has 0 aliphatic carbocycles. The highest BCUT2D eigenvalue weighted by Crippen LogP contribution is 2.34. The van der Waals surface area contributed by atoms with Crippen molar-refractivity contribution in [3.63, 3.8) is 0 Å². The van der Waals surface area contributed by atoms with Gasteiger partial charge in [-0.3, -0.25) is 0 Å². The van der Waals surface area contributed by atoms with Gasteiger partial charge in [-0.25, -0.2) is 0 Å². The number of thiocyanates is 1. The smallest absolute Gasteiger partial charge is 0.141 e. The molecule has 0 heterocycles. The lowest BCUT2D eigenvalue weighted by atomic mass is 10.0. The molecule has 0 saturated heterocycles. The van der Waals surface area contributed by atoms with Crippen molar-refractivity contribution in [1.29, 1.82) is 5.26 Å².